The third-order valence-electron chi connectivity index (χ3n) is 2.22. The Morgan fingerprint density at radius 3 is 2.81 bits per heavy atom. The first-order valence-electron chi connectivity index (χ1n) is 4.61. The average Bonchev–Trinajstić information content (AvgIpc) is 2.22. The van der Waals surface area contributed by atoms with Crippen LogP contribution in [0.4, 0.5) is 4.39 Å². The lowest BCUT2D eigenvalue weighted by atomic mass is 10.2. The summed E-state index contributed by atoms with van der Waals surface area (Å²) >= 11 is 3.00. The lowest BCUT2D eigenvalue weighted by Crippen LogP contribution is -2.09. The van der Waals surface area contributed by atoms with Gasteiger partial charge in [-0.25, -0.2) is 4.39 Å². The van der Waals surface area contributed by atoms with Crippen LogP contribution in [-0.4, -0.2) is 5.11 Å². The highest BCUT2D eigenvalue weighted by Crippen LogP contribution is 2.25. The molecule has 1 heterocycles. The van der Waals surface area contributed by atoms with E-state index in [1.54, 1.807) is 0 Å². The predicted octanol–water partition coefficient (Wildman–Crippen LogP) is 2.75. The Bertz CT molecular complexity index is 604. The highest BCUT2D eigenvalue weighted by atomic mass is 79.9. The van der Waals surface area contributed by atoms with Gasteiger partial charge in [-0.15, -0.1) is 0 Å². The van der Waals surface area contributed by atoms with Crippen molar-refractivity contribution in [3.63, 3.8) is 0 Å². The van der Waals surface area contributed by atoms with E-state index in [0.717, 1.165) is 0 Å². The first kappa shape index (κ1) is 11.3. The fourth-order valence-electron chi connectivity index (χ4n) is 1.46. The molecule has 0 spiro atoms. The number of hydrogen-bond acceptors (Lipinski definition) is 3. The molecule has 84 valence electrons. The first-order chi connectivity index (χ1) is 7.52. The summed E-state index contributed by atoms with van der Waals surface area (Å²) in [6.45, 7) is 1.47. The molecule has 1 atom stereocenters. The topological polar surface area (TPSA) is 50.4 Å². The maximum Gasteiger partial charge on any atom is 0.210 e. The van der Waals surface area contributed by atoms with Crippen LogP contribution in [0.25, 0.3) is 11.0 Å². The lowest BCUT2D eigenvalue weighted by molar-refractivity contribution is 0.169. The van der Waals surface area contributed by atoms with Gasteiger partial charge in [-0.1, -0.05) is 6.07 Å². The molecular weight excluding hydrogens is 279 g/mol. The van der Waals surface area contributed by atoms with E-state index in [0.29, 0.717) is 0 Å². The van der Waals surface area contributed by atoms with Gasteiger partial charge in [-0.3, -0.25) is 4.79 Å². The summed E-state index contributed by atoms with van der Waals surface area (Å²) in [6, 6.07) is 4.12. The molecule has 5 heteroatoms. The molecule has 1 aromatic carbocycles. The van der Waals surface area contributed by atoms with E-state index >= 15 is 0 Å². The van der Waals surface area contributed by atoms with Crippen molar-refractivity contribution in [1.29, 1.82) is 0 Å². The standard InChI is InChI=1S/C11H8BrFO3/c1-5(14)11-9(12)10(15)8-6(13)3-2-4-7(8)16-11/h2-5,14H,1H3. The fourth-order valence-corrected chi connectivity index (χ4v) is 2.07. The van der Waals surface area contributed by atoms with Crippen LogP contribution >= 0.6 is 15.9 Å². The van der Waals surface area contributed by atoms with Gasteiger partial charge in [0.2, 0.25) is 5.43 Å². The van der Waals surface area contributed by atoms with Gasteiger partial charge >= 0.3 is 0 Å². The van der Waals surface area contributed by atoms with Gasteiger partial charge in [0.05, 0.1) is 0 Å². The summed E-state index contributed by atoms with van der Waals surface area (Å²) in [5.74, 6) is -0.535. The van der Waals surface area contributed by atoms with Crippen molar-refractivity contribution >= 4 is 26.9 Å². The minimum absolute atomic E-state index is 0.0556. The van der Waals surface area contributed by atoms with E-state index in [1.807, 2.05) is 0 Å². The third-order valence-corrected chi connectivity index (χ3v) is 2.97. The largest absolute Gasteiger partial charge is 0.457 e. The minimum Gasteiger partial charge on any atom is -0.457 e. The first-order valence-corrected chi connectivity index (χ1v) is 5.40. The molecule has 16 heavy (non-hydrogen) atoms. The lowest BCUT2D eigenvalue weighted by Gasteiger charge is -2.07. The van der Waals surface area contributed by atoms with Crippen LogP contribution in [0.3, 0.4) is 0 Å². The average molecular weight is 287 g/mol. The molecule has 1 unspecified atom stereocenters. The van der Waals surface area contributed by atoms with Gasteiger partial charge in [-0.05, 0) is 35.0 Å². The van der Waals surface area contributed by atoms with Crippen molar-refractivity contribution in [2.24, 2.45) is 0 Å². The maximum atomic E-state index is 13.4. The highest BCUT2D eigenvalue weighted by molar-refractivity contribution is 9.10. The summed E-state index contributed by atoms with van der Waals surface area (Å²) < 4.78 is 18.8. The molecule has 0 saturated heterocycles. The monoisotopic (exact) mass is 286 g/mol. The highest BCUT2D eigenvalue weighted by Gasteiger charge is 2.17. The van der Waals surface area contributed by atoms with Crippen molar-refractivity contribution in [3.05, 3.63) is 44.5 Å². The number of benzene rings is 1. The van der Waals surface area contributed by atoms with E-state index in [4.69, 9.17) is 4.42 Å². The van der Waals surface area contributed by atoms with Crippen LogP contribution in [0.15, 0.2) is 31.9 Å². The van der Waals surface area contributed by atoms with Gasteiger partial charge in [0.25, 0.3) is 0 Å². The molecular formula is C11H8BrFO3. The molecule has 0 radical (unpaired) electrons. The zero-order valence-electron chi connectivity index (χ0n) is 8.33. The van der Waals surface area contributed by atoms with Crippen molar-refractivity contribution in [1.82, 2.24) is 0 Å². The summed E-state index contributed by atoms with van der Waals surface area (Å²) in [5.41, 5.74) is -0.389. The summed E-state index contributed by atoms with van der Waals surface area (Å²) in [5, 5.41) is 9.29. The Morgan fingerprint density at radius 2 is 2.19 bits per heavy atom. The second kappa shape index (κ2) is 3.99. The normalized spacial score (nSPS) is 13.0. The van der Waals surface area contributed by atoms with Crippen molar-refractivity contribution in [2.75, 3.05) is 0 Å². The second-order valence-electron chi connectivity index (χ2n) is 3.40. The summed E-state index contributed by atoms with van der Waals surface area (Å²) in [4.78, 5) is 11.8. The number of fused-ring (bicyclic) bond motifs is 1. The van der Waals surface area contributed by atoms with Crippen LogP contribution in [0.1, 0.15) is 18.8 Å². The number of halogens is 2. The molecule has 2 rings (SSSR count). The molecule has 1 N–H and O–H groups in total. The Hall–Kier alpha value is -1.20. The van der Waals surface area contributed by atoms with Crippen LogP contribution in [0, 0.1) is 5.82 Å². The van der Waals surface area contributed by atoms with E-state index in [1.165, 1.54) is 25.1 Å². The molecule has 2 aromatic rings. The third kappa shape index (κ3) is 1.66. The predicted molar refractivity (Wildman–Crippen MR) is 60.8 cm³/mol. The van der Waals surface area contributed by atoms with Crippen molar-refractivity contribution in [2.45, 2.75) is 13.0 Å². The van der Waals surface area contributed by atoms with E-state index in [2.05, 4.69) is 15.9 Å². The van der Waals surface area contributed by atoms with Gasteiger partial charge in [0.1, 0.15) is 27.4 Å². The van der Waals surface area contributed by atoms with E-state index in [9.17, 15) is 14.3 Å². The number of hydrogen-bond donors (Lipinski definition) is 1. The van der Waals surface area contributed by atoms with Crippen LogP contribution < -0.4 is 5.43 Å². The Balaban J connectivity index is 2.95. The summed E-state index contributed by atoms with van der Waals surface area (Å²) in [6.07, 6.45) is -0.935. The zero-order chi connectivity index (χ0) is 11.9. The number of rotatable bonds is 1. The van der Waals surface area contributed by atoms with Gasteiger partial charge in [-0.2, -0.15) is 0 Å². The molecule has 0 aliphatic rings. The smallest absolute Gasteiger partial charge is 0.210 e. The van der Waals surface area contributed by atoms with E-state index < -0.39 is 17.3 Å². The van der Waals surface area contributed by atoms with Gasteiger partial charge in [0, 0.05) is 0 Å². The molecule has 0 aliphatic carbocycles. The maximum absolute atomic E-state index is 13.4. The van der Waals surface area contributed by atoms with Crippen LogP contribution in [0.5, 0.6) is 0 Å². The Morgan fingerprint density at radius 1 is 1.50 bits per heavy atom. The second-order valence-corrected chi connectivity index (χ2v) is 4.19. The Labute approximate surface area is 98.6 Å². The van der Waals surface area contributed by atoms with Crippen molar-refractivity contribution < 1.29 is 13.9 Å². The SMILES string of the molecule is CC(O)c1oc2cccc(F)c2c(=O)c1Br. The fraction of sp³-hybridized carbons (Fsp3) is 0.182. The minimum atomic E-state index is -0.935. The molecule has 0 fully saturated rings. The van der Waals surface area contributed by atoms with Crippen molar-refractivity contribution in [3.8, 4) is 0 Å². The summed E-state index contributed by atoms with van der Waals surface area (Å²) in [7, 11) is 0. The van der Waals surface area contributed by atoms with Crippen LogP contribution in [0.2, 0.25) is 0 Å². The molecule has 3 nitrogen and oxygen atoms in total. The molecule has 0 amide bonds. The van der Waals surface area contributed by atoms with E-state index in [-0.39, 0.29) is 21.2 Å². The van der Waals surface area contributed by atoms with Gasteiger partial charge < -0.3 is 9.52 Å². The molecule has 0 aliphatic heterocycles. The molecule has 1 aromatic heterocycles. The molecule has 0 bridgehead atoms. The molecule has 0 saturated carbocycles. The van der Waals surface area contributed by atoms with Gasteiger partial charge in [0.15, 0.2) is 5.76 Å². The van der Waals surface area contributed by atoms with Crippen LogP contribution in [-0.2, 0) is 0 Å². The number of aliphatic hydroxyl groups is 1. The quantitative estimate of drug-likeness (QED) is 0.877. The Kier molecular flexibility index (Phi) is 2.82. The zero-order valence-corrected chi connectivity index (χ0v) is 9.92. The number of aliphatic hydroxyl groups excluding tert-OH is 1.